The first kappa shape index (κ1) is 8.11. The number of ketones is 1. The van der Waals surface area contributed by atoms with Crippen LogP contribution in [0.2, 0.25) is 0 Å². The van der Waals surface area contributed by atoms with Crippen molar-refractivity contribution in [2.24, 2.45) is 0 Å². The van der Waals surface area contributed by atoms with Gasteiger partial charge in [0.15, 0.2) is 5.78 Å². The van der Waals surface area contributed by atoms with Crippen molar-refractivity contribution in [1.29, 1.82) is 0 Å². The summed E-state index contributed by atoms with van der Waals surface area (Å²) in [5.41, 5.74) is 0. The summed E-state index contributed by atoms with van der Waals surface area (Å²) in [6.07, 6.45) is -0.0482. The number of carbonyl (C=O) groups is 2. The number of hydrogen-bond donors (Lipinski definition) is 2. The van der Waals surface area contributed by atoms with Crippen molar-refractivity contribution in [3.8, 4) is 0 Å². The number of anilines is 1. The van der Waals surface area contributed by atoms with Crippen LogP contribution < -0.4 is 4.90 Å². The molecule has 6 nitrogen and oxygen atoms in total. The number of rotatable bonds is 1. The van der Waals surface area contributed by atoms with Crippen LogP contribution in [0.15, 0.2) is 0 Å². The molecule has 0 radical (unpaired) electrons. The average molecular weight is 198 g/mol. The number of amides is 1. The van der Waals surface area contributed by atoms with Crippen LogP contribution in [0.4, 0.5) is 5.95 Å². The van der Waals surface area contributed by atoms with Crippen LogP contribution in [-0.2, 0) is 9.59 Å². The number of carbonyl (C=O) groups excluding carboxylic acids is 2. The maximum atomic E-state index is 11.2. The van der Waals surface area contributed by atoms with E-state index in [1.54, 1.807) is 0 Å². The van der Waals surface area contributed by atoms with Gasteiger partial charge in [-0.3, -0.25) is 24.7 Å². The van der Waals surface area contributed by atoms with E-state index >= 15 is 0 Å². The topological polar surface area (TPSA) is 81.8 Å². The van der Waals surface area contributed by atoms with Gasteiger partial charge in [0.25, 0.3) is 0 Å². The molecule has 0 unspecified atom stereocenters. The Morgan fingerprint density at radius 3 is 2.62 bits per heavy atom. The van der Waals surface area contributed by atoms with E-state index in [2.05, 4.69) is 15.2 Å². The van der Waals surface area contributed by atoms with Gasteiger partial charge in [-0.05, 0) is 12.2 Å². The minimum atomic E-state index is -0.247. The first-order valence-corrected chi connectivity index (χ1v) is 4.04. The number of aromatic nitrogens is 3. The number of aromatic amines is 2. The number of Topliss-reactive ketones (excluding diaryl/α,β-unsaturated/α-hetero) is 1. The minimum Gasteiger partial charge on any atom is -0.297 e. The summed E-state index contributed by atoms with van der Waals surface area (Å²) in [6, 6.07) is 0. The van der Waals surface area contributed by atoms with E-state index < -0.39 is 0 Å². The van der Waals surface area contributed by atoms with Gasteiger partial charge in [0.2, 0.25) is 16.6 Å². The van der Waals surface area contributed by atoms with Crippen LogP contribution in [0, 0.1) is 4.77 Å². The van der Waals surface area contributed by atoms with E-state index in [0.717, 1.165) is 0 Å². The lowest BCUT2D eigenvalue weighted by atomic mass is 10.3. The average Bonchev–Trinajstić information content (AvgIpc) is 2.58. The van der Waals surface area contributed by atoms with Crippen molar-refractivity contribution in [2.45, 2.75) is 6.42 Å². The van der Waals surface area contributed by atoms with Crippen molar-refractivity contribution < 1.29 is 9.59 Å². The number of hydrogen-bond acceptors (Lipinski definition) is 4. The van der Waals surface area contributed by atoms with Crippen molar-refractivity contribution in [2.75, 3.05) is 11.4 Å². The summed E-state index contributed by atoms with van der Waals surface area (Å²) >= 11 is 4.72. The van der Waals surface area contributed by atoms with Crippen LogP contribution in [0.25, 0.3) is 0 Å². The molecule has 1 fully saturated rings. The third kappa shape index (κ3) is 1.37. The van der Waals surface area contributed by atoms with Gasteiger partial charge in [-0.25, -0.2) is 0 Å². The molecule has 0 spiro atoms. The molecule has 0 bridgehead atoms. The zero-order valence-electron chi connectivity index (χ0n) is 6.53. The van der Waals surface area contributed by atoms with Crippen molar-refractivity contribution in [3.63, 3.8) is 0 Å². The van der Waals surface area contributed by atoms with Gasteiger partial charge >= 0.3 is 0 Å². The zero-order valence-corrected chi connectivity index (χ0v) is 7.35. The number of H-pyrrole nitrogens is 2. The number of nitrogens with one attached hydrogen (secondary N) is 2. The molecule has 1 saturated heterocycles. The molecule has 2 N–H and O–H groups in total. The van der Waals surface area contributed by atoms with Crippen LogP contribution in [-0.4, -0.2) is 33.4 Å². The molecule has 1 aliphatic rings. The normalized spacial score (nSPS) is 17.1. The smallest absolute Gasteiger partial charge is 0.237 e. The fourth-order valence-corrected chi connectivity index (χ4v) is 1.30. The lowest BCUT2D eigenvalue weighted by Crippen LogP contribution is -2.25. The largest absolute Gasteiger partial charge is 0.297 e. The molecule has 0 aliphatic carbocycles. The first-order valence-electron chi connectivity index (χ1n) is 3.63. The molecule has 1 aliphatic heterocycles. The second-order valence-electron chi connectivity index (χ2n) is 2.69. The summed E-state index contributed by atoms with van der Waals surface area (Å²) in [4.78, 5) is 27.2. The van der Waals surface area contributed by atoms with Gasteiger partial charge in [-0.2, -0.15) is 4.98 Å². The Bertz CT molecular complexity index is 420. The van der Waals surface area contributed by atoms with Crippen molar-refractivity contribution in [1.82, 2.24) is 15.2 Å². The molecule has 1 amide bonds. The van der Waals surface area contributed by atoms with E-state index in [-0.39, 0.29) is 29.4 Å². The maximum Gasteiger partial charge on any atom is 0.237 e. The van der Waals surface area contributed by atoms with Crippen LogP contribution in [0.3, 0.4) is 0 Å². The van der Waals surface area contributed by atoms with Gasteiger partial charge < -0.3 is 0 Å². The second kappa shape index (κ2) is 2.77. The Hall–Kier alpha value is -1.50. The molecule has 0 saturated carbocycles. The fraction of sp³-hybridized carbons (Fsp3) is 0.333. The van der Waals surface area contributed by atoms with Gasteiger partial charge in [-0.1, -0.05) is 0 Å². The molecule has 2 rings (SSSR count). The Balaban J connectivity index is 2.32. The second-order valence-corrected chi connectivity index (χ2v) is 3.07. The highest BCUT2D eigenvalue weighted by atomic mass is 32.1. The number of nitrogens with zero attached hydrogens (tertiary/aromatic N) is 2. The maximum absolute atomic E-state index is 11.2. The monoisotopic (exact) mass is 198 g/mol. The molecule has 1 aromatic rings. The molecular formula is C6H6N4O2S. The summed E-state index contributed by atoms with van der Waals surface area (Å²) < 4.78 is 0.266. The Kier molecular flexibility index (Phi) is 1.73. The van der Waals surface area contributed by atoms with Crippen LogP contribution in [0.5, 0.6) is 0 Å². The molecule has 68 valence electrons. The first-order chi connectivity index (χ1) is 6.16. The standard InChI is InChI=1S/C6H6N4O2S/c11-3-1-4(12)10(2-3)5-7-6(13)9-8-5/h1-2H2,(H2,7,8,9,13). The van der Waals surface area contributed by atoms with E-state index in [0.29, 0.717) is 5.95 Å². The van der Waals surface area contributed by atoms with E-state index in [1.165, 1.54) is 4.90 Å². The van der Waals surface area contributed by atoms with E-state index in [4.69, 9.17) is 12.2 Å². The predicted octanol–water partition coefficient (Wildman–Crippen LogP) is -0.227. The van der Waals surface area contributed by atoms with Crippen LogP contribution >= 0.6 is 12.2 Å². The SMILES string of the molecule is O=C1CC(=O)N(c2nc(=S)[nH][nH]2)C1. The van der Waals surface area contributed by atoms with Crippen molar-refractivity contribution in [3.05, 3.63) is 4.77 Å². The molecule has 13 heavy (non-hydrogen) atoms. The predicted molar refractivity (Wildman–Crippen MR) is 45.7 cm³/mol. The third-order valence-corrected chi connectivity index (χ3v) is 1.92. The highest BCUT2D eigenvalue weighted by Gasteiger charge is 2.30. The summed E-state index contributed by atoms with van der Waals surface area (Å²) in [5, 5.41) is 5.17. The highest BCUT2D eigenvalue weighted by molar-refractivity contribution is 7.71. The summed E-state index contributed by atoms with van der Waals surface area (Å²) in [6.45, 7) is 0.0783. The fourth-order valence-electron chi connectivity index (χ4n) is 1.17. The molecule has 0 atom stereocenters. The third-order valence-electron chi connectivity index (χ3n) is 1.73. The van der Waals surface area contributed by atoms with Crippen LogP contribution in [0.1, 0.15) is 6.42 Å². The molecular weight excluding hydrogens is 192 g/mol. The van der Waals surface area contributed by atoms with E-state index in [1.807, 2.05) is 0 Å². The van der Waals surface area contributed by atoms with Gasteiger partial charge in [0.05, 0.1) is 13.0 Å². The quantitative estimate of drug-likeness (QED) is 0.482. The molecule has 1 aromatic heterocycles. The van der Waals surface area contributed by atoms with E-state index in [9.17, 15) is 9.59 Å². The molecule has 0 aromatic carbocycles. The minimum absolute atomic E-state index is 0.0482. The molecule has 2 heterocycles. The molecule has 7 heteroatoms. The lowest BCUT2D eigenvalue weighted by molar-refractivity contribution is -0.121. The lowest BCUT2D eigenvalue weighted by Gasteiger charge is -2.08. The van der Waals surface area contributed by atoms with Crippen molar-refractivity contribution >= 4 is 29.9 Å². The van der Waals surface area contributed by atoms with Gasteiger partial charge in [0, 0.05) is 0 Å². The Morgan fingerprint density at radius 2 is 2.15 bits per heavy atom. The zero-order chi connectivity index (χ0) is 9.42. The Labute approximate surface area is 77.9 Å². The van der Waals surface area contributed by atoms with Gasteiger partial charge in [0.1, 0.15) is 0 Å². The highest BCUT2D eigenvalue weighted by Crippen LogP contribution is 2.13. The van der Waals surface area contributed by atoms with Gasteiger partial charge in [-0.15, -0.1) is 0 Å². The summed E-state index contributed by atoms with van der Waals surface area (Å²) in [7, 11) is 0. The Morgan fingerprint density at radius 1 is 1.38 bits per heavy atom. The summed E-state index contributed by atoms with van der Waals surface area (Å²) in [5.74, 6) is -0.0454.